The van der Waals surface area contributed by atoms with Gasteiger partial charge in [0.15, 0.2) is 0 Å². The minimum atomic E-state index is -0.888. The van der Waals surface area contributed by atoms with Gasteiger partial charge in [-0.25, -0.2) is 0 Å². The van der Waals surface area contributed by atoms with Gasteiger partial charge in [-0.2, -0.15) is 0 Å². The zero-order valence-corrected chi connectivity index (χ0v) is 13.1. The van der Waals surface area contributed by atoms with E-state index >= 15 is 0 Å². The highest BCUT2D eigenvalue weighted by Crippen LogP contribution is 2.25. The second-order valence-corrected chi connectivity index (χ2v) is 5.56. The van der Waals surface area contributed by atoms with Crippen LogP contribution >= 0.6 is 15.9 Å². The SMILES string of the molecule is CCCC(C)(NCc1ccc(OC)c(Br)c1)C(=O)O. The van der Waals surface area contributed by atoms with E-state index in [4.69, 9.17) is 4.74 Å². The Balaban J connectivity index is 2.75. The molecule has 0 aliphatic carbocycles. The van der Waals surface area contributed by atoms with Gasteiger partial charge < -0.3 is 9.84 Å². The van der Waals surface area contributed by atoms with Crippen LogP contribution < -0.4 is 10.1 Å². The van der Waals surface area contributed by atoms with Crippen LogP contribution in [0, 0.1) is 0 Å². The molecule has 106 valence electrons. The maximum Gasteiger partial charge on any atom is 0.323 e. The summed E-state index contributed by atoms with van der Waals surface area (Å²) in [6.07, 6.45) is 1.42. The van der Waals surface area contributed by atoms with Gasteiger partial charge in [-0.3, -0.25) is 10.1 Å². The average Bonchev–Trinajstić information content (AvgIpc) is 2.36. The van der Waals surface area contributed by atoms with Crippen LogP contribution in [0.2, 0.25) is 0 Å². The molecule has 0 aliphatic heterocycles. The molecule has 0 bridgehead atoms. The molecule has 4 nitrogen and oxygen atoms in total. The molecule has 5 heteroatoms. The van der Waals surface area contributed by atoms with Gasteiger partial charge >= 0.3 is 5.97 Å². The highest BCUT2D eigenvalue weighted by molar-refractivity contribution is 9.10. The summed E-state index contributed by atoms with van der Waals surface area (Å²) in [7, 11) is 1.61. The molecule has 0 radical (unpaired) electrons. The maximum atomic E-state index is 11.3. The summed E-state index contributed by atoms with van der Waals surface area (Å²) in [6, 6.07) is 5.71. The molecular weight excluding hydrogens is 310 g/mol. The van der Waals surface area contributed by atoms with E-state index in [0.717, 1.165) is 22.2 Å². The summed E-state index contributed by atoms with van der Waals surface area (Å²) in [5, 5.41) is 12.4. The van der Waals surface area contributed by atoms with Crippen molar-refractivity contribution < 1.29 is 14.6 Å². The lowest BCUT2D eigenvalue weighted by molar-refractivity contribution is -0.144. The minimum absolute atomic E-state index is 0.505. The Bertz CT molecular complexity index is 450. The highest BCUT2D eigenvalue weighted by atomic mass is 79.9. The van der Waals surface area contributed by atoms with Crippen LogP contribution in [-0.2, 0) is 11.3 Å². The van der Waals surface area contributed by atoms with Crippen molar-refractivity contribution >= 4 is 21.9 Å². The van der Waals surface area contributed by atoms with E-state index in [0.29, 0.717) is 13.0 Å². The molecule has 1 atom stereocenters. The summed E-state index contributed by atoms with van der Waals surface area (Å²) in [5.74, 6) is -0.0553. The predicted octanol–water partition coefficient (Wildman–Crippen LogP) is 3.19. The first kappa shape index (κ1) is 16.0. The normalized spacial score (nSPS) is 13.9. The smallest absolute Gasteiger partial charge is 0.323 e. The number of halogens is 1. The largest absolute Gasteiger partial charge is 0.496 e. The molecule has 19 heavy (non-hydrogen) atoms. The number of carboxylic acid groups (broad SMARTS) is 1. The summed E-state index contributed by atoms with van der Waals surface area (Å²) in [5.41, 5.74) is 0.123. The molecule has 1 aromatic carbocycles. The number of ether oxygens (including phenoxy) is 1. The lowest BCUT2D eigenvalue weighted by Gasteiger charge is -2.26. The van der Waals surface area contributed by atoms with Crippen LogP contribution in [0.4, 0.5) is 0 Å². The van der Waals surface area contributed by atoms with Crippen molar-refractivity contribution in [1.29, 1.82) is 0 Å². The van der Waals surface area contributed by atoms with Crippen molar-refractivity contribution in [2.45, 2.75) is 38.8 Å². The molecule has 0 heterocycles. The number of nitrogens with one attached hydrogen (secondary N) is 1. The molecule has 0 saturated carbocycles. The molecule has 0 amide bonds. The van der Waals surface area contributed by atoms with Gasteiger partial charge in [0.2, 0.25) is 0 Å². The van der Waals surface area contributed by atoms with Crippen molar-refractivity contribution in [2.24, 2.45) is 0 Å². The van der Waals surface area contributed by atoms with E-state index < -0.39 is 11.5 Å². The van der Waals surface area contributed by atoms with Crippen molar-refractivity contribution in [2.75, 3.05) is 7.11 Å². The number of benzene rings is 1. The van der Waals surface area contributed by atoms with Gasteiger partial charge in [0.25, 0.3) is 0 Å². The lowest BCUT2D eigenvalue weighted by atomic mass is 9.96. The first-order chi connectivity index (χ1) is 8.92. The van der Waals surface area contributed by atoms with E-state index in [1.54, 1.807) is 14.0 Å². The summed E-state index contributed by atoms with van der Waals surface area (Å²) < 4.78 is 6.02. The highest BCUT2D eigenvalue weighted by Gasteiger charge is 2.31. The number of carbonyl (C=O) groups is 1. The van der Waals surface area contributed by atoms with Gasteiger partial charge in [0.1, 0.15) is 11.3 Å². The van der Waals surface area contributed by atoms with E-state index in [9.17, 15) is 9.90 Å². The Morgan fingerprint density at radius 1 is 1.53 bits per heavy atom. The molecule has 0 spiro atoms. The molecule has 1 unspecified atom stereocenters. The molecule has 1 aromatic rings. The lowest BCUT2D eigenvalue weighted by Crippen LogP contribution is -2.48. The second-order valence-electron chi connectivity index (χ2n) is 4.71. The topological polar surface area (TPSA) is 58.6 Å². The fourth-order valence-electron chi connectivity index (χ4n) is 1.89. The second kappa shape index (κ2) is 6.91. The van der Waals surface area contributed by atoms with Crippen LogP contribution in [0.5, 0.6) is 5.75 Å². The molecule has 1 rings (SSSR count). The monoisotopic (exact) mass is 329 g/mol. The van der Waals surface area contributed by atoms with Crippen LogP contribution in [0.1, 0.15) is 32.3 Å². The standard InChI is InChI=1S/C14H20BrNO3/c1-4-7-14(2,13(17)18)16-9-10-5-6-12(19-3)11(15)8-10/h5-6,8,16H,4,7,9H2,1-3H3,(H,17,18). The van der Waals surface area contributed by atoms with Crippen molar-refractivity contribution in [1.82, 2.24) is 5.32 Å². The minimum Gasteiger partial charge on any atom is -0.496 e. The molecule has 0 saturated heterocycles. The third-order valence-electron chi connectivity index (χ3n) is 3.12. The van der Waals surface area contributed by atoms with E-state index in [-0.39, 0.29) is 0 Å². The number of rotatable bonds is 7. The Morgan fingerprint density at radius 2 is 2.21 bits per heavy atom. The van der Waals surface area contributed by atoms with Gasteiger partial charge in [-0.1, -0.05) is 19.4 Å². The molecule has 0 aliphatic rings. The fourth-order valence-corrected chi connectivity index (χ4v) is 2.48. The maximum absolute atomic E-state index is 11.3. The van der Waals surface area contributed by atoms with Gasteiger partial charge in [0.05, 0.1) is 11.6 Å². The van der Waals surface area contributed by atoms with Gasteiger partial charge in [-0.15, -0.1) is 0 Å². The van der Waals surface area contributed by atoms with E-state index in [1.165, 1.54) is 0 Å². The summed E-state index contributed by atoms with van der Waals surface area (Å²) in [6.45, 7) is 4.20. The summed E-state index contributed by atoms with van der Waals surface area (Å²) >= 11 is 3.42. The predicted molar refractivity (Wildman–Crippen MR) is 78.5 cm³/mol. The third-order valence-corrected chi connectivity index (χ3v) is 3.74. The number of carboxylic acids is 1. The fraction of sp³-hybridized carbons (Fsp3) is 0.500. The van der Waals surface area contributed by atoms with Crippen molar-refractivity contribution in [3.05, 3.63) is 28.2 Å². The van der Waals surface area contributed by atoms with E-state index in [2.05, 4.69) is 21.2 Å². The van der Waals surface area contributed by atoms with Gasteiger partial charge in [-0.05, 0) is 47.0 Å². The van der Waals surface area contributed by atoms with Crippen molar-refractivity contribution in [3.8, 4) is 5.75 Å². The van der Waals surface area contributed by atoms with Gasteiger partial charge in [0, 0.05) is 6.54 Å². The first-order valence-electron chi connectivity index (χ1n) is 6.23. The molecule has 2 N–H and O–H groups in total. The Morgan fingerprint density at radius 3 is 2.68 bits per heavy atom. The van der Waals surface area contributed by atoms with Crippen LogP contribution in [-0.4, -0.2) is 23.7 Å². The number of aliphatic carboxylic acids is 1. The Labute approximate surface area is 122 Å². The number of methoxy groups -OCH3 is 1. The van der Waals surface area contributed by atoms with Crippen LogP contribution in [0.15, 0.2) is 22.7 Å². The van der Waals surface area contributed by atoms with Crippen LogP contribution in [0.25, 0.3) is 0 Å². The molecular formula is C14H20BrNO3. The average molecular weight is 330 g/mol. The number of hydrogen-bond acceptors (Lipinski definition) is 3. The quantitative estimate of drug-likeness (QED) is 0.806. The summed E-state index contributed by atoms with van der Waals surface area (Å²) in [4.78, 5) is 11.3. The molecule has 0 fully saturated rings. The van der Waals surface area contributed by atoms with Crippen molar-refractivity contribution in [3.63, 3.8) is 0 Å². The number of hydrogen-bond donors (Lipinski definition) is 2. The first-order valence-corrected chi connectivity index (χ1v) is 7.03. The zero-order chi connectivity index (χ0) is 14.5. The molecule has 0 aromatic heterocycles. The Hall–Kier alpha value is -1.07. The Kier molecular flexibility index (Phi) is 5.82. The van der Waals surface area contributed by atoms with Crippen LogP contribution in [0.3, 0.4) is 0 Å². The third kappa shape index (κ3) is 4.21. The van der Waals surface area contributed by atoms with E-state index in [1.807, 2.05) is 25.1 Å². The zero-order valence-electron chi connectivity index (χ0n) is 11.5.